The van der Waals surface area contributed by atoms with Gasteiger partial charge in [-0.1, -0.05) is 19.3 Å². The van der Waals surface area contributed by atoms with Crippen molar-refractivity contribution in [3.63, 3.8) is 0 Å². The SMILES string of the molecule is O=C(COc1nsnc1N1CCOCC1)N(Cc1ccncc1)C1CCCCC1. The zero-order valence-electron chi connectivity index (χ0n) is 16.5. The number of carbonyl (C=O) groups excluding carboxylic acids is 1. The minimum absolute atomic E-state index is 0.00496. The van der Waals surface area contributed by atoms with Gasteiger partial charge >= 0.3 is 0 Å². The number of pyridine rings is 1. The molecular weight excluding hydrogens is 390 g/mol. The van der Waals surface area contributed by atoms with Crippen molar-refractivity contribution in [2.45, 2.75) is 44.7 Å². The van der Waals surface area contributed by atoms with Crippen molar-refractivity contribution < 1.29 is 14.3 Å². The van der Waals surface area contributed by atoms with E-state index in [4.69, 9.17) is 9.47 Å². The van der Waals surface area contributed by atoms with Crippen LogP contribution < -0.4 is 9.64 Å². The summed E-state index contributed by atoms with van der Waals surface area (Å²) in [5, 5.41) is 0. The summed E-state index contributed by atoms with van der Waals surface area (Å²) < 4.78 is 19.9. The lowest BCUT2D eigenvalue weighted by Crippen LogP contribution is -2.43. The van der Waals surface area contributed by atoms with Crippen molar-refractivity contribution in [3.05, 3.63) is 30.1 Å². The monoisotopic (exact) mass is 417 g/mol. The molecule has 1 amide bonds. The molecule has 0 atom stereocenters. The van der Waals surface area contributed by atoms with E-state index in [2.05, 4.69) is 18.6 Å². The van der Waals surface area contributed by atoms with Crippen molar-refractivity contribution in [3.8, 4) is 5.88 Å². The first-order valence-electron chi connectivity index (χ1n) is 10.3. The molecule has 1 saturated heterocycles. The Bertz CT molecular complexity index is 775. The maximum absolute atomic E-state index is 13.1. The number of ether oxygens (including phenoxy) is 2. The van der Waals surface area contributed by atoms with E-state index in [1.165, 1.54) is 19.3 Å². The van der Waals surface area contributed by atoms with Gasteiger partial charge in [0, 0.05) is 38.1 Å². The lowest BCUT2D eigenvalue weighted by Gasteiger charge is -2.34. The molecule has 0 bridgehead atoms. The van der Waals surface area contributed by atoms with Gasteiger partial charge in [-0.25, -0.2) is 0 Å². The predicted molar refractivity (Wildman–Crippen MR) is 110 cm³/mol. The zero-order valence-corrected chi connectivity index (χ0v) is 17.4. The first kappa shape index (κ1) is 20.0. The summed E-state index contributed by atoms with van der Waals surface area (Å²) in [7, 11) is 0. The van der Waals surface area contributed by atoms with Crippen LogP contribution in [0.15, 0.2) is 24.5 Å². The summed E-state index contributed by atoms with van der Waals surface area (Å²) in [6.45, 7) is 3.40. The molecule has 29 heavy (non-hydrogen) atoms. The van der Waals surface area contributed by atoms with Gasteiger partial charge in [0.1, 0.15) is 0 Å². The first-order chi connectivity index (χ1) is 14.3. The highest BCUT2D eigenvalue weighted by Crippen LogP contribution is 2.27. The minimum atomic E-state index is -0.0235. The van der Waals surface area contributed by atoms with Crippen LogP contribution in [0.5, 0.6) is 5.88 Å². The fourth-order valence-corrected chi connectivity index (χ4v) is 4.47. The number of amides is 1. The number of nitrogens with zero attached hydrogens (tertiary/aromatic N) is 5. The number of aromatic nitrogens is 3. The highest BCUT2D eigenvalue weighted by molar-refractivity contribution is 6.99. The standard InChI is InChI=1S/C20H27N5O3S/c26-18(15-28-20-19(22-29-23-20)24-10-12-27-13-11-24)25(17-4-2-1-3-5-17)14-16-6-8-21-9-7-16/h6-9,17H,1-5,10-15H2. The molecule has 3 heterocycles. The molecule has 1 aliphatic carbocycles. The van der Waals surface area contributed by atoms with E-state index in [1.807, 2.05) is 17.0 Å². The zero-order chi connectivity index (χ0) is 19.9. The molecule has 2 aromatic heterocycles. The average Bonchev–Trinajstić information content (AvgIpc) is 3.26. The fourth-order valence-electron chi connectivity index (χ4n) is 3.95. The van der Waals surface area contributed by atoms with Crippen molar-refractivity contribution >= 4 is 23.5 Å². The molecule has 1 aliphatic heterocycles. The molecule has 1 saturated carbocycles. The number of hydrogen-bond acceptors (Lipinski definition) is 8. The molecule has 0 N–H and O–H groups in total. The van der Waals surface area contributed by atoms with Gasteiger partial charge < -0.3 is 19.3 Å². The lowest BCUT2D eigenvalue weighted by atomic mass is 9.94. The molecule has 9 heteroatoms. The van der Waals surface area contributed by atoms with Gasteiger partial charge in [-0.3, -0.25) is 9.78 Å². The van der Waals surface area contributed by atoms with Crippen molar-refractivity contribution in [2.75, 3.05) is 37.8 Å². The summed E-state index contributed by atoms with van der Waals surface area (Å²) in [4.78, 5) is 21.3. The van der Waals surface area contributed by atoms with Gasteiger partial charge in [-0.15, -0.1) is 4.37 Å². The second-order valence-corrected chi connectivity index (χ2v) is 7.98. The number of carbonyl (C=O) groups is 1. The van der Waals surface area contributed by atoms with Gasteiger partial charge in [-0.05, 0) is 30.5 Å². The number of anilines is 1. The molecule has 0 unspecified atom stereocenters. The van der Waals surface area contributed by atoms with Gasteiger partial charge in [-0.2, -0.15) is 4.37 Å². The summed E-state index contributed by atoms with van der Waals surface area (Å²) >= 11 is 1.11. The molecule has 2 aromatic rings. The summed E-state index contributed by atoms with van der Waals surface area (Å²) in [5.41, 5.74) is 1.09. The van der Waals surface area contributed by atoms with Gasteiger partial charge in [0.25, 0.3) is 11.8 Å². The van der Waals surface area contributed by atoms with Gasteiger partial charge in [0.15, 0.2) is 6.61 Å². The largest absolute Gasteiger partial charge is 0.464 e. The highest BCUT2D eigenvalue weighted by Gasteiger charge is 2.27. The Balaban J connectivity index is 1.42. The van der Waals surface area contributed by atoms with Gasteiger partial charge in [0.05, 0.1) is 24.9 Å². The first-order valence-corrected chi connectivity index (χ1v) is 11.0. The van der Waals surface area contributed by atoms with E-state index in [0.717, 1.165) is 43.2 Å². The van der Waals surface area contributed by atoms with Crippen LogP contribution in [-0.4, -0.2) is 63.5 Å². The topological polar surface area (TPSA) is 80.7 Å². The van der Waals surface area contributed by atoms with Crippen molar-refractivity contribution in [1.29, 1.82) is 0 Å². The van der Waals surface area contributed by atoms with Crippen LogP contribution in [0.2, 0.25) is 0 Å². The maximum atomic E-state index is 13.1. The van der Waals surface area contributed by atoms with E-state index in [-0.39, 0.29) is 18.6 Å². The molecule has 0 aromatic carbocycles. The third-order valence-corrected chi connectivity index (χ3v) is 6.03. The van der Waals surface area contributed by atoms with E-state index in [9.17, 15) is 4.79 Å². The Morgan fingerprint density at radius 2 is 1.93 bits per heavy atom. The Morgan fingerprint density at radius 1 is 1.17 bits per heavy atom. The average molecular weight is 418 g/mol. The summed E-state index contributed by atoms with van der Waals surface area (Å²) in [6, 6.07) is 4.19. The summed E-state index contributed by atoms with van der Waals surface area (Å²) in [6.07, 6.45) is 9.22. The van der Waals surface area contributed by atoms with Gasteiger partial charge in [0.2, 0.25) is 5.82 Å². The third kappa shape index (κ3) is 5.22. The van der Waals surface area contributed by atoms with Crippen LogP contribution in [0.4, 0.5) is 5.82 Å². The molecule has 4 rings (SSSR count). The minimum Gasteiger partial charge on any atom is -0.464 e. The number of morpholine rings is 1. The van der Waals surface area contributed by atoms with E-state index < -0.39 is 0 Å². The number of hydrogen-bond donors (Lipinski definition) is 0. The number of rotatable bonds is 7. The fraction of sp³-hybridized carbons (Fsp3) is 0.600. The molecule has 0 spiro atoms. The van der Waals surface area contributed by atoms with E-state index in [0.29, 0.717) is 31.5 Å². The second-order valence-electron chi connectivity index (χ2n) is 7.45. The van der Waals surface area contributed by atoms with Crippen molar-refractivity contribution in [1.82, 2.24) is 18.6 Å². The smallest absolute Gasteiger partial charge is 0.271 e. The van der Waals surface area contributed by atoms with Crippen LogP contribution in [-0.2, 0) is 16.1 Å². The third-order valence-electron chi connectivity index (χ3n) is 5.52. The van der Waals surface area contributed by atoms with E-state index >= 15 is 0 Å². The second kappa shape index (κ2) is 9.98. The predicted octanol–water partition coefficient (Wildman–Crippen LogP) is 2.51. The Morgan fingerprint density at radius 3 is 2.69 bits per heavy atom. The molecule has 2 aliphatic rings. The lowest BCUT2D eigenvalue weighted by molar-refractivity contribution is -0.137. The van der Waals surface area contributed by atoms with Crippen LogP contribution in [0.3, 0.4) is 0 Å². The quantitative estimate of drug-likeness (QED) is 0.685. The molecule has 0 radical (unpaired) electrons. The Kier molecular flexibility index (Phi) is 6.89. The maximum Gasteiger partial charge on any atom is 0.271 e. The Hall–Kier alpha value is -2.26. The Labute approximate surface area is 175 Å². The molecule has 8 nitrogen and oxygen atoms in total. The van der Waals surface area contributed by atoms with E-state index in [1.54, 1.807) is 12.4 Å². The van der Waals surface area contributed by atoms with Crippen molar-refractivity contribution in [2.24, 2.45) is 0 Å². The molecule has 156 valence electrons. The molecule has 2 fully saturated rings. The van der Waals surface area contributed by atoms with Crippen LogP contribution in [0.1, 0.15) is 37.7 Å². The van der Waals surface area contributed by atoms with Crippen LogP contribution in [0, 0.1) is 0 Å². The normalized spacial score (nSPS) is 17.9. The summed E-state index contributed by atoms with van der Waals surface area (Å²) in [5.74, 6) is 1.15. The molecular formula is C20H27N5O3S. The highest BCUT2D eigenvalue weighted by atomic mass is 32.1. The van der Waals surface area contributed by atoms with Crippen LogP contribution >= 0.6 is 11.7 Å². The van der Waals surface area contributed by atoms with Crippen LogP contribution in [0.25, 0.3) is 0 Å².